The third-order valence-electron chi connectivity index (χ3n) is 5.84. The zero-order valence-corrected chi connectivity index (χ0v) is 21.3. The molecule has 1 heterocycles. The van der Waals surface area contributed by atoms with Gasteiger partial charge in [-0.2, -0.15) is 0 Å². The van der Waals surface area contributed by atoms with E-state index in [0.29, 0.717) is 0 Å². The number of hydrogen-bond donors (Lipinski definition) is 1. The molecule has 1 N–H and O–H groups in total. The summed E-state index contributed by atoms with van der Waals surface area (Å²) < 4.78 is 2.65. The molecule has 0 saturated carbocycles. The van der Waals surface area contributed by atoms with Gasteiger partial charge < -0.3 is 14.2 Å². The first kappa shape index (κ1) is 22.9. The van der Waals surface area contributed by atoms with E-state index in [1.165, 1.54) is 0 Å². The zero-order chi connectivity index (χ0) is 22.1. The Balaban J connectivity index is 2.09. The average molecular weight is 441 g/mol. The predicted octanol–water partition coefficient (Wildman–Crippen LogP) is 5.70. The van der Waals surface area contributed by atoms with E-state index in [0.717, 1.165) is 16.8 Å². The molecule has 0 bridgehead atoms. The first-order valence-corrected chi connectivity index (χ1v) is 17.7. The monoisotopic (exact) mass is 440 g/mol. The molecule has 2 aromatic rings. The summed E-state index contributed by atoms with van der Waals surface area (Å²) in [5, 5.41) is 16.2. The molecule has 1 aliphatic heterocycles. The standard InChI is InChI=1S/C24H36N2O2Si2/c1-18-21(23(27)20-16-12-9-13-17-20)22(19-14-10-8-11-15-19)25-28-24(18)26(29(2,3)4)30(5,6)7/h8-18,21,23-24,27H,1-7H3/t18-,21-,23?,24-/m0/s1. The van der Waals surface area contributed by atoms with E-state index in [1.54, 1.807) is 0 Å². The highest BCUT2D eigenvalue weighted by atomic mass is 28.4. The van der Waals surface area contributed by atoms with Gasteiger partial charge in [0.25, 0.3) is 0 Å². The number of nitrogens with zero attached hydrogens (tertiary/aromatic N) is 2. The van der Waals surface area contributed by atoms with Crippen LogP contribution in [0.3, 0.4) is 0 Å². The quantitative estimate of drug-likeness (QED) is 0.586. The van der Waals surface area contributed by atoms with Gasteiger partial charge in [-0.3, -0.25) is 0 Å². The van der Waals surface area contributed by atoms with Gasteiger partial charge in [-0.15, -0.1) is 0 Å². The van der Waals surface area contributed by atoms with Crippen LogP contribution >= 0.6 is 0 Å². The second kappa shape index (κ2) is 8.79. The van der Waals surface area contributed by atoms with Crippen LogP contribution in [0.2, 0.25) is 39.3 Å². The fourth-order valence-electron chi connectivity index (χ4n) is 4.89. The van der Waals surface area contributed by atoms with E-state index in [1.807, 2.05) is 48.5 Å². The second-order valence-electron chi connectivity index (χ2n) is 10.3. The summed E-state index contributed by atoms with van der Waals surface area (Å²) in [6.07, 6.45) is -0.768. The van der Waals surface area contributed by atoms with Crippen LogP contribution in [-0.2, 0) is 4.84 Å². The topological polar surface area (TPSA) is 45.1 Å². The Morgan fingerprint density at radius 2 is 1.37 bits per heavy atom. The molecule has 4 nitrogen and oxygen atoms in total. The van der Waals surface area contributed by atoms with Crippen molar-refractivity contribution in [3.8, 4) is 0 Å². The second-order valence-corrected chi connectivity index (χ2v) is 20.4. The molecule has 0 saturated heterocycles. The summed E-state index contributed by atoms with van der Waals surface area (Å²) in [6.45, 7) is 16.5. The van der Waals surface area contributed by atoms with Crippen LogP contribution in [0.5, 0.6) is 0 Å². The van der Waals surface area contributed by atoms with Gasteiger partial charge in [0.05, 0.1) is 11.8 Å². The van der Waals surface area contributed by atoms with Gasteiger partial charge in [0.2, 0.25) is 0 Å². The number of benzene rings is 2. The van der Waals surface area contributed by atoms with E-state index in [2.05, 4.69) is 67.7 Å². The molecule has 30 heavy (non-hydrogen) atoms. The number of aliphatic hydroxyl groups is 1. The minimum atomic E-state index is -1.68. The number of hydrogen-bond acceptors (Lipinski definition) is 4. The lowest BCUT2D eigenvalue weighted by Gasteiger charge is -2.51. The van der Waals surface area contributed by atoms with Crippen molar-refractivity contribution in [3.63, 3.8) is 0 Å². The average Bonchev–Trinajstić information content (AvgIpc) is 2.68. The third kappa shape index (κ3) is 4.77. The molecule has 1 unspecified atom stereocenters. The minimum Gasteiger partial charge on any atom is -0.388 e. The van der Waals surface area contributed by atoms with Gasteiger partial charge in [0.1, 0.15) is 16.5 Å². The van der Waals surface area contributed by atoms with Gasteiger partial charge >= 0.3 is 0 Å². The van der Waals surface area contributed by atoms with Gasteiger partial charge in [-0.25, -0.2) is 0 Å². The fourth-order valence-corrected chi connectivity index (χ4v) is 15.0. The van der Waals surface area contributed by atoms with E-state index < -0.39 is 22.6 Å². The van der Waals surface area contributed by atoms with Crippen molar-refractivity contribution >= 4 is 22.2 Å². The van der Waals surface area contributed by atoms with Crippen molar-refractivity contribution in [2.45, 2.75) is 58.5 Å². The first-order valence-electron chi connectivity index (χ1n) is 10.8. The molecule has 0 aliphatic carbocycles. The lowest BCUT2D eigenvalue weighted by molar-refractivity contribution is -0.0721. The van der Waals surface area contributed by atoms with Crippen molar-refractivity contribution in [1.29, 1.82) is 0 Å². The van der Waals surface area contributed by atoms with Crippen LogP contribution in [0.1, 0.15) is 24.2 Å². The maximum atomic E-state index is 11.5. The van der Waals surface area contributed by atoms with Gasteiger partial charge in [-0.1, -0.05) is 112 Å². The first-order chi connectivity index (χ1) is 14.0. The van der Waals surface area contributed by atoms with Crippen molar-refractivity contribution in [2.24, 2.45) is 17.0 Å². The minimum absolute atomic E-state index is 0.0892. The molecule has 0 aromatic heterocycles. The molecular weight excluding hydrogens is 404 g/mol. The smallest absolute Gasteiger partial charge is 0.172 e. The summed E-state index contributed by atoms with van der Waals surface area (Å²) in [6, 6.07) is 20.1. The Labute approximate surface area is 183 Å². The molecular formula is C24H36N2O2Si2. The molecule has 1 aliphatic rings. The summed E-state index contributed by atoms with van der Waals surface area (Å²) in [7, 11) is -3.35. The zero-order valence-electron chi connectivity index (χ0n) is 19.3. The summed E-state index contributed by atoms with van der Waals surface area (Å²) >= 11 is 0. The van der Waals surface area contributed by atoms with E-state index in [-0.39, 0.29) is 18.1 Å². The number of aliphatic hydroxyl groups excluding tert-OH is 1. The highest BCUT2D eigenvalue weighted by Crippen LogP contribution is 2.40. The molecule has 0 spiro atoms. The maximum Gasteiger partial charge on any atom is 0.172 e. The number of rotatable bonds is 6. The van der Waals surface area contributed by atoms with E-state index >= 15 is 0 Å². The van der Waals surface area contributed by atoms with E-state index in [9.17, 15) is 5.11 Å². The lowest BCUT2D eigenvalue weighted by Crippen LogP contribution is -2.66. The van der Waals surface area contributed by atoms with Crippen molar-refractivity contribution in [1.82, 2.24) is 4.23 Å². The SMILES string of the molecule is C[C@H]1[C@H](C(O)c2ccccc2)C(c2ccccc2)=NO[C@@H]1N([Si](C)(C)C)[Si](C)(C)C. The third-order valence-corrected chi connectivity index (χ3v) is 13.3. The van der Waals surface area contributed by atoms with Crippen LogP contribution in [0.4, 0.5) is 0 Å². The van der Waals surface area contributed by atoms with Crippen LogP contribution in [0, 0.1) is 11.8 Å². The van der Waals surface area contributed by atoms with Crippen LogP contribution in [0.25, 0.3) is 0 Å². The maximum absolute atomic E-state index is 11.5. The summed E-state index contributed by atoms with van der Waals surface area (Å²) in [5.41, 5.74) is 2.77. The molecule has 3 rings (SSSR count). The van der Waals surface area contributed by atoms with E-state index in [4.69, 9.17) is 4.84 Å². The summed E-state index contributed by atoms with van der Waals surface area (Å²) in [4.78, 5) is 6.26. The highest BCUT2D eigenvalue weighted by molar-refractivity contribution is 6.89. The largest absolute Gasteiger partial charge is 0.388 e. The van der Waals surface area contributed by atoms with Crippen LogP contribution < -0.4 is 0 Å². The Morgan fingerprint density at radius 3 is 1.87 bits per heavy atom. The molecule has 0 fully saturated rings. The number of oxime groups is 1. The van der Waals surface area contributed by atoms with Gasteiger partial charge in [0.15, 0.2) is 6.23 Å². The summed E-state index contributed by atoms with van der Waals surface area (Å²) in [5.74, 6) is -0.0601. The van der Waals surface area contributed by atoms with Crippen LogP contribution in [0.15, 0.2) is 65.8 Å². The molecule has 6 heteroatoms. The van der Waals surface area contributed by atoms with Crippen molar-refractivity contribution < 1.29 is 9.94 Å². The van der Waals surface area contributed by atoms with Crippen LogP contribution in [-0.4, -0.2) is 37.7 Å². The van der Waals surface area contributed by atoms with Gasteiger partial charge in [0, 0.05) is 11.8 Å². The van der Waals surface area contributed by atoms with Crippen molar-refractivity contribution in [3.05, 3.63) is 71.8 Å². The van der Waals surface area contributed by atoms with Crippen molar-refractivity contribution in [2.75, 3.05) is 0 Å². The highest BCUT2D eigenvalue weighted by Gasteiger charge is 2.49. The Morgan fingerprint density at radius 1 is 0.867 bits per heavy atom. The predicted molar refractivity (Wildman–Crippen MR) is 130 cm³/mol. The van der Waals surface area contributed by atoms with Gasteiger partial charge in [-0.05, 0) is 11.1 Å². The lowest BCUT2D eigenvalue weighted by atomic mass is 9.78. The molecule has 0 radical (unpaired) electrons. The Kier molecular flexibility index (Phi) is 6.72. The molecule has 2 aromatic carbocycles. The normalized spacial score (nSPS) is 23.6. The molecule has 4 atom stereocenters. The molecule has 162 valence electrons. The Bertz CT molecular complexity index is 846. The Hall–Kier alpha value is -1.74. The molecule has 0 amide bonds. The fraction of sp³-hybridized carbons (Fsp3) is 0.458.